The minimum Gasteiger partial charge on any atom is -0.391 e. The van der Waals surface area contributed by atoms with Gasteiger partial charge in [-0.2, -0.15) is 0 Å². The Morgan fingerprint density at radius 2 is 2.36 bits per heavy atom. The quantitative estimate of drug-likeness (QED) is 0.838. The van der Waals surface area contributed by atoms with Gasteiger partial charge >= 0.3 is 0 Å². The highest BCUT2D eigenvalue weighted by Gasteiger charge is 2.25. The molecule has 2 aromatic heterocycles. The molecule has 22 heavy (non-hydrogen) atoms. The van der Waals surface area contributed by atoms with Crippen LogP contribution in [0.2, 0.25) is 5.02 Å². The van der Waals surface area contributed by atoms with E-state index in [4.69, 9.17) is 11.6 Å². The van der Waals surface area contributed by atoms with Crippen LogP contribution in [0.15, 0.2) is 17.0 Å². The summed E-state index contributed by atoms with van der Waals surface area (Å²) in [6, 6.07) is -0.165. The Kier molecular flexibility index (Phi) is 4.77. The van der Waals surface area contributed by atoms with Gasteiger partial charge in [0.05, 0.1) is 28.5 Å². The van der Waals surface area contributed by atoms with Crippen LogP contribution in [0.3, 0.4) is 0 Å². The number of aliphatic hydroxyl groups excluding tert-OH is 1. The molecule has 0 bridgehead atoms. The molecule has 6 nitrogen and oxygen atoms in total. The highest BCUT2D eigenvalue weighted by Crippen LogP contribution is 2.28. The first-order valence-corrected chi connectivity index (χ1v) is 8.31. The first-order chi connectivity index (χ1) is 10.6. The lowest BCUT2D eigenvalue weighted by Gasteiger charge is -2.28. The first-order valence-electron chi connectivity index (χ1n) is 7.14. The van der Waals surface area contributed by atoms with Crippen LogP contribution in [-0.4, -0.2) is 44.1 Å². The number of piperidine rings is 1. The highest BCUT2D eigenvalue weighted by molar-refractivity contribution is 9.10. The summed E-state index contributed by atoms with van der Waals surface area (Å²) in [4.78, 5) is 20.7. The summed E-state index contributed by atoms with van der Waals surface area (Å²) in [5.74, 6) is 0.0265. The van der Waals surface area contributed by atoms with Crippen LogP contribution in [0, 0.1) is 0 Å². The molecule has 0 saturated carbocycles. The number of aromatic nitrogens is 3. The molecule has 0 radical (unpaired) electrons. The van der Waals surface area contributed by atoms with Crippen molar-refractivity contribution in [2.45, 2.75) is 38.0 Å². The van der Waals surface area contributed by atoms with Crippen LogP contribution in [0.4, 0.5) is 0 Å². The van der Waals surface area contributed by atoms with Crippen molar-refractivity contribution >= 4 is 44.5 Å². The molecular formula is C14H16BrClN4O2. The van der Waals surface area contributed by atoms with Gasteiger partial charge in [0.15, 0.2) is 11.4 Å². The van der Waals surface area contributed by atoms with Gasteiger partial charge in [-0.3, -0.25) is 4.79 Å². The standard InChI is InChI=1S/C14H16BrClN4O2/c15-9-5-18-14-13(12(9)16)19-7-20(14)6-8(21)4-10-11(22)2-1-3-17-10/h5,7,10-11,17,22H,1-4,6H2/t10-,11+/m1/s1. The van der Waals surface area contributed by atoms with E-state index in [9.17, 15) is 9.90 Å². The highest BCUT2D eigenvalue weighted by atomic mass is 79.9. The second-order valence-electron chi connectivity index (χ2n) is 5.48. The number of Topliss-reactive ketones (excluding diaryl/α,β-unsaturated/α-hetero) is 1. The fourth-order valence-corrected chi connectivity index (χ4v) is 3.19. The average Bonchev–Trinajstić information content (AvgIpc) is 2.89. The third-order valence-electron chi connectivity index (χ3n) is 3.87. The molecule has 0 spiro atoms. The molecule has 118 valence electrons. The number of rotatable bonds is 4. The summed E-state index contributed by atoms with van der Waals surface area (Å²) in [5, 5.41) is 13.6. The van der Waals surface area contributed by atoms with Crippen molar-refractivity contribution in [3.05, 3.63) is 22.0 Å². The van der Waals surface area contributed by atoms with E-state index in [0.29, 0.717) is 27.1 Å². The van der Waals surface area contributed by atoms with E-state index in [2.05, 4.69) is 31.2 Å². The van der Waals surface area contributed by atoms with E-state index >= 15 is 0 Å². The van der Waals surface area contributed by atoms with E-state index in [1.807, 2.05) is 0 Å². The molecule has 2 N–H and O–H groups in total. The minimum atomic E-state index is -0.458. The van der Waals surface area contributed by atoms with Gasteiger partial charge < -0.3 is 15.0 Å². The van der Waals surface area contributed by atoms with Gasteiger partial charge in [-0.15, -0.1) is 0 Å². The minimum absolute atomic E-state index is 0.0265. The molecule has 1 aliphatic rings. The SMILES string of the molecule is O=C(C[C@H]1NCCC[C@@H]1O)Cn1cnc2c(Cl)c(Br)cnc21. The molecule has 2 atom stereocenters. The number of carbonyl (C=O) groups excluding carboxylic acids is 1. The number of aliphatic hydroxyl groups is 1. The summed E-state index contributed by atoms with van der Waals surface area (Å²) in [6.07, 6.45) is 4.68. The topological polar surface area (TPSA) is 80.0 Å². The number of fused-ring (bicyclic) bond motifs is 1. The fourth-order valence-electron chi connectivity index (χ4n) is 2.71. The lowest BCUT2D eigenvalue weighted by Crippen LogP contribution is -2.46. The molecule has 0 aromatic carbocycles. The van der Waals surface area contributed by atoms with Gasteiger partial charge in [0.2, 0.25) is 0 Å². The summed E-state index contributed by atoms with van der Waals surface area (Å²) in [6.45, 7) is 1.01. The Morgan fingerprint density at radius 3 is 3.14 bits per heavy atom. The zero-order chi connectivity index (χ0) is 15.7. The van der Waals surface area contributed by atoms with Crippen LogP contribution in [-0.2, 0) is 11.3 Å². The molecule has 1 aliphatic heterocycles. The summed E-state index contributed by atoms with van der Waals surface area (Å²) in [7, 11) is 0. The van der Waals surface area contributed by atoms with Crippen LogP contribution in [0.25, 0.3) is 11.2 Å². The summed E-state index contributed by atoms with van der Waals surface area (Å²) in [5.41, 5.74) is 1.15. The number of hydrogen-bond donors (Lipinski definition) is 2. The maximum atomic E-state index is 12.2. The third-order valence-corrected chi connectivity index (χ3v) is 5.08. The maximum Gasteiger partial charge on any atom is 0.161 e. The van der Waals surface area contributed by atoms with E-state index in [1.54, 1.807) is 17.1 Å². The van der Waals surface area contributed by atoms with Crippen LogP contribution >= 0.6 is 27.5 Å². The predicted molar refractivity (Wildman–Crippen MR) is 86.9 cm³/mol. The van der Waals surface area contributed by atoms with Crippen LogP contribution in [0.5, 0.6) is 0 Å². The smallest absolute Gasteiger partial charge is 0.161 e. The Morgan fingerprint density at radius 1 is 1.55 bits per heavy atom. The van der Waals surface area contributed by atoms with Crippen molar-refractivity contribution in [2.75, 3.05) is 6.54 Å². The number of pyridine rings is 1. The number of halogens is 2. The first kappa shape index (κ1) is 15.9. The molecule has 1 saturated heterocycles. The van der Waals surface area contributed by atoms with Gasteiger partial charge in [0.1, 0.15) is 5.52 Å². The van der Waals surface area contributed by atoms with Gasteiger partial charge in [0.25, 0.3) is 0 Å². The monoisotopic (exact) mass is 386 g/mol. The van der Waals surface area contributed by atoms with Crippen molar-refractivity contribution in [1.82, 2.24) is 19.9 Å². The summed E-state index contributed by atoms with van der Waals surface area (Å²) >= 11 is 9.46. The number of carbonyl (C=O) groups is 1. The molecular weight excluding hydrogens is 372 g/mol. The van der Waals surface area contributed by atoms with Crippen molar-refractivity contribution in [1.29, 1.82) is 0 Å². The van der Waals surface area contributed by atoms with Gasteiger partial charge in [-0.25, -0.2) is 9.97 Å². The molecule has 8 heteroatoms. The molecule has 2 aromatic rings. The van der Waals surface area contributed by atoms with Crippen molar-refractivity contribution in [2.24, 2.45) is 0 Å². The number of hydrogen-bond acceptors (Lipinski definition) is 5. The van der Waals surface area contributed by atoms with E-state index < -0.39 is 6.10 Å². The Bertz CT molecular complexity index is 705. The van der Waals surface area contributed by atoms with Crippen molar-refractivity contribution in [3.8, 4) is 0 Å². The molecule has 0 aliphatic carbocycles. The Labute approximate surface area is 141 Å². The Balaban J connectivity index is 1.73. The summed E-state index contributed by atoms with van der Waals surface area (Å²) < 4.78 is 2.36. The van der Waals surface area contributed by atoms with E-state index in [-0.39, 0.29) is 18.4 Å². The zero-order valence-corrected chi connectivity index (χ0v) is 14.1. The molecule has 3 rings (SSSR count). The van der Waals surface area contributed by atoms with Gasteiger partial charge in [-0.05, 0) is 35.3 Å². The van der Waals surface area contributed by atoms with E-state index in [1.165, 1.54) is 0 Å². The van der Waals surface area contributed by atoms with Crippen LogP contribution < -0.4 is 5.32 Å². The van der Waals surface area contributed by atoms with Crippen LogP contribution in [0.1, 0.15) is 19.3 Å². The number of nitrogens with zero attached hydrogens (tertiary/aromatic N) is 3. The largest absolute Gasteiger partial charge is 0.391 e. The van der Waals surface area contributed by atoms with Crippen molar-refractivity contribution in [3.63, 3.8) is 0 Å². The Hall–Kier alpha value is -1.02. The third kappa shape index (κ3) is 3.17. The molecule has 0 unspecified atom stereocenters. The maximum absolute atomic E-state index is 12.2. The molecule has 3 heterocycles. The zero-order valence-electron chi connectivity index (χ0n) is 11.8. The molecule has 0 amide bonds. The number of ketones is 1. The molecule has 1 fully saturated rings. The predicted octanol–water partition coefficient (Wildman–Crippen LogP) is 1.92. The average molecular weight is 388 g/mol. The normalized spacial score (nSPS) is 22.1. The second-order valence-corrected chi connectivity index (χ2v) is 6.71. The van der Waals surface area contributed by atoms with Crippen molar-refractivity contribution < 1.29 is 9.90 Å². The lowest BCUT2D eigenvalue weighted by molar-refractivity contribution is -0.121. The van der Waals surface area contributed by atoms with E-state index in [0.717, 1.165) is 19.4 Å². The lowest BCUT2D eigenvalue weighted by atomic mass is 9.97. The second kappa shape index (κ2) is 6.62. The van der Waals surface area contributed by atoms with Gasteiger partial charge in [0, 0.05) is 18.7 Å². The van der Waals surface area contributed by atoms with Gasteiger partial charge in [-0.1, -0.05) is 11.6 Å². The fraction of sp³-hybridized carbons (Fsp3) is 0.500. The number of imidazole rings is 1. The number of nitrogens with one attached hydrogen (secondary N) is 1.